The van der Waals surface area contributed by atoms with Gasteiger partial charge in [-0.2, -0.15) is 0 Å². The van der Waals surface area contributed by atoms with Crippen LogP contribution in [0.25, 0.3) is 0 Å². The monoisotopic (exact) mass is 255 g/mol. The molecule has 0 aliphatic heterocycles. The van der Waals surface area contributed by atoms with E-state index in [9.17, 15) is 4.79 Å². The van der Waals surface area contributed by atoms with Gasteiger partial charge in [0.25, 0.3) is 0 Å². The Kier molecular flexibility index (Phi) is 4.54. The van der Waals surface area contributed by atoms with Crippen LogP contribution in [0.1, 0.15) is 31.9 Å². The van der Waals surface area contributed by atoms with Gasteiger partial charge >= 0.3 is 5.97 Å². The van der Waals surface area contributed by atoms with Gasteiger partial charge in [0.1, 0.15) is 0 Å². The summed E-state index contributed by atoms with van der Waals surface area (Å²) in [6.45, 7) is 3.88. The van der Waals surface area contributed by atoms with Crippen molar-refractivity contribution < 1.29 is 9.90 Å². The fourth-order valence-corrected chi connectivity index (χ4v) is 2.28. The van der Waals surface area contributed by atoms with Crippen molar-refractivity contribution in [1.29, 1.82) is 0 Å². The number of rotatable bonds is 5. The first kappa shape index (κ1) is 14.0. The molecule has 1 atom stereocenters. The summed E-state index contributed by atoms with van der Waals surface area (Å²) in [5.74, 6) is -0.788. The topological polar surface area (TPSA) is 49.3 Å². The van der Waals surface area contributed by atoms with E-state index in [-0.39, 0.29) is 17.9 Å². The van der Waals surface area contributed by atoms with Gasteiger partial charge < -0.3 is 10.4 Å². The first-order chi connectivity index (χ1) is 7.86. The molecule has 0 saturated heterocycles. The van der Waals surface area contributed by atoms with E-state index in [0.29, 0.717) is 5.02 Å². The van der Waals surface area contributed by atoms with Crippen LogP contribution >= 0.6 is 11.6 Å². The zero-order chi connectivity index (χ0) is 13.1. The Bertz CT molecular complexity index is 387. The summed E-state index contributed by atoms with van der Waals surface area (Å²) in [5, 5.41) is 12.8. The summed E-state index contributed by atoms with van der Waals surface area (Å²) >= 11 is 5.84. The molecule has 0 bridgehead atoms. The molecule has 94 valence electrons. The van der Waals surface area contributed by atoms with Gasteiger partial charge in [0, 0.05) is 11.1 Å². The van der Waals surface area contributed by atoms with Gasteiger partial charge in [-0.25, -0.2) is 0 Å². The van der Waals surface area contributed by atoms with E-state index in [4.69, 9.17) is 16.7 Å². The van der Waals surface area contributed by atoms with E-state index in [1.807, 2.05) is 45.2 Å². The minimum atomic E-state index is -0.788. The lowest BCUT2D eigenvalue weighted by Gasteiger charge is -2.33. The van der Waals surface area contributed by atoms with E-state index >= 15 is 0 Å². The number of hydrogen-bond acceptors (Lipinski definition) is 2. The Hall–Kier alpha value is -1.06. The lowest BCUT2D eigenvalue weighted by molar-refractivity contribution is -0.139. The first-order valence-electron chi connectivity index (χ1n) is 5.51. The number of halogens is 1. The van der Waals surface area contributed by atoms with E-state index in [1.165, 1.54) is 0 Å². The molecule has 0 amide bonds. The van der Waals surface area contributed by atoms with E-state index in [2.05, 4.69) is 5.32 Å². The van der Waals surface area contributed by atoms with Crippen molar-refractivity contribution in [1.82, 2.24) is 5.32 Å². The summed E-state index contributed by atoms with van der Waals surface area (Å²) < 4.78 is 0. The molecule has 3 nitrogen and oxygen atoms in total. The molecule has 2 N–H and O–H groups in total. The number of nitrogens with one attached hydrogen (secondary N) is 1. The van der Waals surface area contributed by atoms with Crippen molar-refractivity contribution in [3.8, 4) is 0 Å². The summed E-state index contributed by atoms with van der Waals surface area (Å²) in [7, 11) is 1.84. The fourth-order valence-electron chi connectivity index (χ4n) is 2.16. The molecule has 0 fully saturated rings. The van der Waals surface area contributed by atoms with Gasteiger partial charge in [-0.05, 0) is 30.2 Å². The van der Waals surface area contributed by atoms with Gasteiger partial charge in [-0.15, -0.1) is 0 Å². The Morgan fingerprint density at radius 2 is 1.94 bits per heavy atom. The van der Waals surface area contributed by atoms with Crippen molar-refractivity contribution in [2.45, 2.75) is 26.3 Å². The van der Waals surface area contributed by atoms with E-state index in [0.717, 1.165) is 5.56 Å². The second-order valence-corrected chi connectivity index (χ2v) is 5.27. The zero-order valence-corrected chi connectivity index (χ0v) is 11.1. The molecule has 0 spiro atoms. The molecule has 0 aliphatic rings. The lowest BCUT2D eigenvalue weighted by atomic mass is 9.78. The maximum Gasteiger partial charge on any atom is 0.303 e. The molecule has 0 heterocycles. The van der Waals surface area contributed by atoms with Crippen molar-refractivity contribution >= 4 is 17.6 Å². The van der Waals surface area contributed by atoms with Crippen LogP contribution in [0.5, 0.6) is 0 Å². The Morgan fingerprint density at radius 3 is 2.35 bits per heavy atom. The zero-order valence-electron chi connectivity index (χ0n) is 10.3. The number of hydrogen-bond donors (Lipinski definition) is 2. The molecule has 1 aromatic rings. The van der Waals surface area contributed by atoms with Crippen molar-refractivity contribution in [2.75, 3.05) is 7.05 Å². The van der Waals surface area contributed by atoms with Crippen LogP contribution in [0.3, 0.4) is 0 Å². The van der Waals surface area contributed by atoms with Crippen LogP contribution in [-0.2, 0) is 4.79 Å². The highest BCUT2D eigenvalue weighted by atomic mass is 35.5. The van der Waals surface area contributed by atoms with Crippen LogP contribution in [0, 0.1) is 5.41 Å². The second kappa shape index (κ2) is 5.52. The average Bonchev–Trinajstić information content (AvgIpc) is 2.19. The fraction of sp³-hybridized carbons (Fsp3) is 0.462. The average molecular weight is 256 g/mol. The van der Waals surface area contributed by atoms with Gasteiger partial charge in [0.2, 0.25) is 0 Å². The van der Waals surface area contributed by atoms with Crippen LogP contribution in [0.4, 0.5) is 0 Å². The molecule has 1 unspecified atom stereocenters. The Labute approximate surface area is 107 Å². The first-order valence-corrected chi connectivity index (χ1v) is 5.89. The van der Waals surface area contributed by atoms with Crippen molar-refractivity contribution in [3.05, 3.63) is 34.9 Å². The molecule has 0 saturated carbocycles. The van der Waals surface area contributed by atoms with Gasteiger partial charge in [-0.1, -0.05) is 37.6 Å². The van der Waals surface area contributed by atoms with Crippen LogP contribution in [0.2, 0.25) is 5.02 Å². The number of carboxylic acids is 1. The van der Waals surface area contributed by atoms with Crippen molar-refractivity contribution in [2.24, 2.45) is 5.41 Å². The molecule has 0 aliphatic carbocycles. The van der Waals surface area contributed by atoms with Crippen LogP contribution in [0.15, 0.2) is 24.3 Å². The van der Waals surface area contributed by atoms with Gasteiger partial charge in [0.15, 0.2) is 0 Å². The summed E-state index contributed by atoms with van der Waals surface area (Å²) in [4.78, 5) is 10.9. The number of aliphatic carboxylic acids is 1. The normalized spacial score (nSPS) is 13.4. The predicted octanol–water partition coefficient (Wildman–Crippen LogP) is 3.10. The lowest BCUT2D eigenvalue weighted by Crippen LogP contribution is -2.33. The Morgan fingerprint density at radius 1 is 1.41 bits per heavy atom. The highest BCUT2D eigenvalue weighted by Gasteiger charge is 2.31. The smallest absolute Gasteiger partial charge is 0.303 e. The quantitative estimate of drug-likeness (QED) is 0.850. The van der Waals surface area contributed by atoms with E-state index < -0.39 is 5.97 Å². The predicted molar refractivity (Wildman–Crippen MR) is 69.3 cm³/mol. The maximum absolute atomic E-state index is 10.9. The third kappa shape index (κ3) is 3.72. The standard InChI is InChI=1S/C13H18ClNO2/c1-13(2,8-11(16)17)12(15-3)9-4-6-10(14)7-5-9/h4-7,12,15H,8H2,1-3H3,(H,16,17). The third-order valence-electron chi connectivity index (χ3n) is 2.88. The number of benzene rings is 1. The number of carboxylic acid groups (broad SMARTS) is 1. The SMILES string of the molecule is CNC(c1ccc(Cl)cc1)C(C)(C)CC(=O)O. The minimum absolute atomic E-state index is 0.0177. The largest absolute Gasteiger partial charge is 0.481 e. The summed E-state index contributed by atoms with van der Waals surface area (Å²) in [6.07, 6.45) is 0.112. The van der Waals surface area contributed by atoms with E-state index in [1.54, 1.807) is 0 Å². The van der Waals surface area contributed by atoms with Crippen LogP contribution < -0.4 is 5.32 Å². The van der Waals surface area contributed by atoms with Gasteiger partial charge in [-0.3, -0.25) is 4.79 Å². The summed E-state index contributed by atoms with van der Waals surface area (Å²) in [5.41, 5.74) is 0.678. The number of carbonyl (C=O) groups is 1. The second-order valence-electron chi connectivity index (χ2n) is 4.83. The molecular formula is C13H18ClNO2. The summed E-state index contributed by atoms with van der Waals surface area (Å²) in [6, 6.07) is 7.46. The maximum atomic E-state index is 10.9. The molecular weight excluding hydrogens is 238 g/mol. The highest BCUT2D eigenvalue weighted by Crippen LogP contribution is 2.36. The minimum Gasteiger partial charge on any atom is -0.481 e. The highest BCUT2D eigenvalue weighted by molar-refractivity contribution is 6.30. The third-order valence-corrected chi connectivity index (χ3v) is 3.13. The van der Waals surface area contributed by atoms with Crippen molar-refractivity contribution in [3.63, 3.8) is 0 Å². The van der Waals surface area contributed by atoms with Gasteiger partial charge in [0.05, 0.1) is 6.42 Å². The Balaban J connectivity index is 2.98. The molecule has 0 radical (unpaired) electrons. The molecule has 4 heteroatoms. The molecule has 0 aromatic heterocycles. The van der Waals surface area contributed by atoms with Crippen LogP contribution in [-0.4, -0.2) is 18.1 Å². The molecule has 1 aromatic carbocycles. The molecule has 17 heavy (non-hydrogen) atoms. The molecule has 1 rings (SSSR count).